The van der Waals surface area contributed by atoms with Gasteiger partial charge in [0, 0.05) is 6.61 Å². The van der Waals surface area contributed by atoms with Gasteiger partial charge in [0.1, 0.15) is 5.76 Å². The molecular weight excluding hydrogens is 202 g/mol. The van der Waals surface area contributed by atoms with Gasteiger partial charge in [-0.3, -0.25) is 0 Å². The highest BCUT2D eigenvalue weighted by Crippen LogP contribution is 2.19. The Hall–Kier alpha value is -0.800. The van der Waals surface area contributed by atoms with E-state index in [1.54, 1.807) is 6.26 Å². The summed E-state index contributed by atoms with van der Waals surface area (Å²) in [6, 6.07) is 2.30. The van der Waals surface area contributed by atoms with Gasteiger partial charge < -0.3 is 14.5 Å². The number of nitrogens with one attached hydrogen (secondary N) is 1. The van der Waals surface area contributed by atoms with E-state index in [1.165, 1.54) is 18.4 Å². The molecule has 1 aliphatic heterocycles. The molecule has 2 rings (SSSR count). The van der Waals surface area contributed by atoms with E-state index >= 15 is 0 Å². The maximum absolute atomic E-state index is 5.59. The smallest absolute Gasteiger partial charge is 0.123 e. The molecule has 1 N–H and O–H groups in total. The summed E-state index contributed by atoms with van der Waals surface area (Å²) in [6.45, 7) is 6.15. The van der Waals surface area contributed by atoms with Crippen molar-refractivity contribution in [2.45, 2.75) is 45.3 Å². The van der Waals surface area contributed by atoms with Gasteiger partial charge in [0.15, 0.2) is 0 Å². The maximum Gasteiger partial charge on any atom is 0.123 e. The Balaban J connectivity index is 1.71. The second-order valence-corrected chi connectivity index (χ2v) is 4.57. The van der Waals surface area contributed by atoms with Crippen LogP contribution in [-0.4, -0.2) is 19.3 Å². The van der Waals surface area contributed by atoms with Crippen LogP contribution < -0.4 is 5.32 Å². The van der Waals surface area contributed by atoms with Crippen LogP contribution >= 0.6 is 0 Å². The standard InChI is InChI=1S/C13H21NO2/c1-10-6-9-16-13(10)11(2)14-7-5-12-4-3-8-15-12/h6,9,11-12,14H,3-5,7-8H2,1-2H3/t11-,12-/m0/s1. The average molecular weight is 223 g/mol. The highest BCUT2D eigenvalue weighted by atomic mass is 16.5. The Morgan fingerprint density at radius 3 is 3.06 bits per heavy atom. The Morgan fingerprint density at radius 2 is 2.44 bits per heavy atom. The molecule has 0 amide bonds. The third kappa shape index (κ3) is 2.86. The van der Waals surface area contributed by atoms with E-state index in [1.807, 2.05) is 6.07 Å². The van der Waals surface area contributed by atoms with E-state index in [4.69, 9.17) is 9.15 Å². The summed E-state index contributed by atoms with van der Waals surface area (Å²) in [7, 11) is 0. The van der Waals surface area contributed by atoms with Gasteiger partial charge in [-0.25, -0.2) is 0 Å². The van der Waals surface area contributed by atoms with Gasteiger partial charge in [-0.2, -0.15) is 0 Å². The minimum absolute atomic E-state index is 0.288. The molecule has 16 heavy (non-hydrogen) atoms. The lowest BCUT2D eigenvalue weighted by Crippen LogP contribution is -2.23. The Kier molecular flexibility index (Phi) is 4.02. The van der Waals surface area contributed by atoms with Gasteiger partial charge in [-0.1, -0.05) is 0 Å². The lowest BCUT2D eigenvalue weighted by atomic mass is 10.1. The summed E-state index contributed by atoms with van der Waals surface area (Å²) in [5.74, 6) is 1.05. The van der Waals surface area contributed by atoms with Crippen molar-refractivity contribution in [3.05, 3.63) is 23.7 Å². The van der Waals surface area contributed by atoms with Gasteiger partial charge in [0.05, 0.1) is 18.4 Å². The first-order valence-corrected chi connectivity index (χ1v) is 6.16. The molecule has 1 saturated heterocycles. The summed E-state index contributed by atoms with van der Waals surface area (Å²) in [6.07, 6.45) is 5.76. The van der Waals surface area contributed by atoms with Crippen LogP contribution in [0.4, 0.5) is 0 Å². The molecule has 1 aromatic rings. The lowest BCUT2D eigenvalue weighted by Gasteiger charge is -2.14. The van der Waals surface area contributed by atoms with Crippen molar-refractivity contribution in [2.24, 2.45) is 0 Å². The SMILES string of the molecule is Cc1ccoc1[C@H](C)NCC[C@@H]1CCCO1. The summed E-state index contributed by atoms with van der Waals surface area (Å²) in [4.78, 5) is 0. The minimum atomic E-state index is 0.288. The van der Waals surface area contributed by atoms with Crippen molar-refractivity contribution < 1.29 is 9.15 Å². The second-order valence-electron chi connectivity index (χ2n) is 4.57. The first-order valence-electron chi connectivity index (χ1n) is 6.16. The number of ether oxygens (including phenoxy) is 1. The number of furan rings is 1. The molecule has 1 aliphatic rings. The van der Waals surface area contributed by atoms with E-state index in [9.17, 15) is 0 Å². The fraction of sp³-hybridized carbons (Fsp3) is 0.692. The quantitative estimate of drug-likeness (QED) is 0.833. The summed E-state index contributed by atoms with van der Waals surface area (Å²) >= 11 is 0. The number of aryl methyl sites for hydroxylation is 1. The fourth-order valence-electron chi connectivity index (χ4n) is 2.25. The van der Waals surface area contributed by atoms with E-state index in [-0.39, 0.29) is 6.04 Å². The Labute approximate surface area is 97.2 Å². The zero-order chi connectivity index (χ0) is 11.4. The topological polar surface area (TPSA) is 34.4 Å². The normalized spacial score (nSPS) is 22.5. The molecule has 0 radical (unpaired) electrons. The van der Waals surface area contributed by atoms with Crippen LogP contribution in [-0.2, 0) is 4.74 Å². The highest BCUT2D eigenvalue weighted by molar-refractivity contribution is 5.17. The first kappa shape index (κ1) is 11.7. The summed E-state index contributed by atoms with van der Waals surface area (Å²) < 4.78 is 11.0. The molecule has 3 nitrogen and oxygen atoms in total. The van der Waals surface area contributed by atoms with E-state index in [0.717, 1.165) is 25.3 Å². The van der Waals surface area contributed by atoms with Crippen molar-refractivity contribution in [3.8, 4) is 0 Å². The third-order valence-electron chi connectivity index (χ3n) is 3.24. The molecule has 0 aromatic carbocycles. The van der Waals surface area contributed by atoms with Crippen LogP contribution in [0.2, 0.25) is 0 Å². The molecule has 0 unspecified atom stereocenters. The third-order valence-corrected chi connectivity index (χ3v) is 3.24. The van der Waals surface area contributed by atoms with Crippen molar-refractivity contribution >= 4 is 0 Å². The maximum atomic E-state index is 5.59. The van der Waals surface area contributed by atoms with Gasteiger partial charge in [0.25, 0.3) is 0 Å². The molecular formula is C13H21NO2. The molecule has 0 saturated carbocycles. The summed E-state index contributed by atoms with van der Waals surface area (Å²) in [5.41, 5.74) is 1.22. The lowest BCUT2D eigenvalue weighted by molar-refractivity contribution is 0.103. The highest BCUT2D eigenvalue weighted by Gasteiger charge is 2.16. The Morgan fingerprint density at radius 1 is 1.56 bits per heavy atom. The van der Waals surface area contributed by atoms with Gasteiger partial charge in [-0.15, -0.1) is 0 Å². The van der Waals surface area contributed by atoms with Crippen LogP contribution in [0.3, 0.4) is 0 Å². The van der Waals surface area contributed by atoms with Crippen LogP contribution in [0.5, 0.6) is 0 Å². The molecule has 1 fully saturated rings. The van der Waals surface area contributed by atoms with E-state index < -0.39 is 0 Å². The Bertz CT molecular complexity index is 315. The van der Waals surface area contributed by atoms with Crippen LogP contribution in [0, 0.1) is 6.92 Å². The molecule has 1 aromatic heterocycles. The largest absolute Gasteiger partial charge is 0.467 e. The zero-order valence-electron chi connectivity index (χ0n) is 10.2. The second kappa shape index (κ2) is 5.51. The van der Waals surface area contributed by atoms with Crippen LogP contribution in [0.25, 0.3) is 0 Å². The molecule has 0 aliphatic carbocycles. The first-order chi connectivity index (χ1) is 7.77. The van der Waals surface area contributed by atoms with Crippen LogP contribution in [0.15, 0.2) is 16.7 Å². The van der Waals surface area contributed by atoms with Gasteiger partial charge in [0.2, 0.25) is 0 Å². The zero-order valence-corrected chi connectivity index (χ0v) is 10.2. The minimum Gasteiger partial charge on any atom is -0.467 e. The van der Waals surface area contributed by atoms with Crippen LogP contribution in [0.1, 0.15) is 43.6 Å². The average Bonchev–Trinajstić information content (AvgIpc) is 2.88. The predicted molar refractivity (Wildman–Crippen MR) is 63.5 cm³/mol. The fourth-order valence-corrected chi connectivity index (χ4v) is 2.25. The van der Waals surface area contributed by atoms with E-state index in [0.29, 0.717) is 6.10 Å². The predicted octanol–water partition coefficient (Wildman–Crippen LogP) is 2.81. The van der Waals surface area contributed by atoms with Crippen molar-refractivity contribution in [2.75, 3.05) is 13.2 Å². The summed E-state index contributed by atoms with van der Waals surface area (Å²) in [5, 5.41) is 3.48. The molecule has 2 heterocycles. The van der Waals surface area contributed by atoms with Crippen molar-refractivity contribution in [1.82, 2.24) is 5.32 Å². The molecule has 0 spiro atoms. The molecule has 3 heteroatoms. The van der Waals surface area contributed by atoms with E-state index in [2.05, 4.69) is 19.2 Å². The monoisotopic (exact) mass is 223 g/mol. The number of hydrogen-bond acceptors (Lipinski definition) is 3. The van der Waals surface area contributed by atoms with Crippen molar-refractivity contribution in [3.63, 3.8) is 0 Å². The molecule has 90 valence electrons. The molecule has 2 atom stereocenters. The number of rotatable bonds is 5. The van der Waals surface area contributed by atoms with Gasteiger partial charge >= 0.3 is 0 Å². The van der Waals surface area contributed by atoms with Crippen molar-refractivity contribution in [1.29, 1.82) is 0 Å². The number of hydrogen-bond donors (Lipinski definition) is 1. The molecule has 0 bridgehead atoms. The van der Waals surface area contributed by atoms with Gasteiger partial charge in [-0.05, 0) is 51.3 Å².